The maximum absolute atomic E-state index is 12.2. The molecule has 2 rings (SSSR count). The molecule has 1 aliphatic rings. The SMILES string of the molecule is CCC1(C(=O)O)CCN(C(=O)Cc2cccnc2)CC1. The first-order chi connectivity index (χ1) is 9.57. The van der Waals surface area contributed by atoms with E-state index in [4.69, 9.17) is 0 Å². The van der Waals surface area contributed by atoms with Gasteiger partial charge in [0.05, 0.1) is 11.8 Å². The lowest BCUT2D eigenvalue weighted by molar-refractivity contribution is -0.154. The monoisotopic (exact) mass is 276 g/mol. The van der Waals surface area contributed by atoms with E-state index >= 15 is 0 Å². The Morgan fingerprint density at radius 1 is 1.40 bits per heavy atom. The molecule has 0 saturated carbocycles. The Balaban J connectivity index is 1.94. The van der Waals surface area contributed by atoms with Crippen molar-refractivity contribution in [3.63, 3.8) is 0 Å². The standard InChI is InChI=1S/C15H20N2O3/c1-2-15(14(19)20)5-8-17(9-6-15)13(18)10-12-4-3-7-16-11-12/h3-4,7,11H,2,5-6,8-10H2,1H3,(H,19,20). The number of amides is 1. The van der Waals surface area contributed by atoms with Gasteiger partial charge in [-0.15, -0.1) is 0 Å². The molecule has 5 nitrogen and oxygen atoms in total. The zero-order valence-corrected chi connectivity index (χ0v) is 11.7. The third-order valence-electron chi connectivity index (χ3n) is 4.28. The van der Waals surface area contributed by atoms with Gasteiger partial charge in [-0.25, -0.2) is 0 Å². The Kier molecular flexibility index (Phi) is 4.37. The summed E-state index contributed by atoms with van der Waals surface area (Å²) < 4.78 is 0. The number of rotatable bonds is 4. The van der Waals surface area contributed by atoms with Crippen LogP contribution in [0.1, 0.15) is 31.7 Å². The van der Waals surface area contributed by atoms with Crippen LogP contribution in [0.15, 0.2) is 24.5 Å². The van der Waals surface area contributed by atoms with E-state index in [1.54, 1.807) is 17.3 Å². The quantitative estimate of drug-likeness (QED) is 0.909. The maximum atomic E-state index is 12.2. The summed E-state index contributed by atoms with van der Waals surface area (Å²) in [5, 5.41) is 9.34. The van der Waals surface area contributed by atoms with Gasteiger partial charge in [0.25, 0.3) is 0 Å². The maximum Gasteiger partial charge on any atom is 0.309 e. The molecule has 2 heterocycles. The van der Waals surface area contributed by atoms with Crippen LogP contribution >= 0.6 is 0 Å². The summed E-state index contributed by atoms with van der Waals surface area (Å²) in [4.78, 5) is 29.3. The molecule has 1 aromatic rings. The van der Waals surface area contributed by atoms with E-state index in [0.29, 0.717) is 38.8 Å². The van der Waals surface area contributed by atoms with E-state index in [0.717, 1.165) is 5.56 Å². The number of carboxylic acids is 1. The van der Waals surface area contributed by atoms with Crippen molar-refractivity contribution in [3.05, 3.63) is 30.1 Å². The largest absolute Gasteiger partial charge is 0.481 e. The second kappa shape index (κ2) is 6.03. The van der Waals surface area contributed by atoms with Gasteiger partial charge in [-0.1, -0.05) is 13.0 Å². The molecule has 1 aromatic heterocycles. The summed E-state index contributed by atoms with van der Waals surface area (Å²) in [6.07, 6.45) is 5.40. The number of piperidine rings is 1. The van der Waals surface area contributed by atoms with Gasteiger partial charge in [0.2, 0.25) is 5.91 Å². The van der Waals surface area contributed by atoms with Gasteiger partial charge in [-0.05, 0) is 30.9 Å². The van der Waals surface area contributed by atoms with Gasteiger partial charge >= 0.3 is 5.97 Å². The third kappa shape index (κ3) is 2.98. The second-order valence-electron chi connectivity index (χ2n) is 5.36. The van der Waals surface area contributed by atoms with Gasteiger partial charge in [0.1, 0.15) is 0 Å². The van der Waals surface area contributed by atoms with Gasteiger partial charge in [0, 0.05) is 25.5 Å². The van der Waals surface area contributed by atoms with Crippen LogP contribution in [-0.4, -0.2) is 40.0 Å². The number of aliphatic carboxylic acids is 1. The molecule has 5 heteroatoms. The second-order valence-corrected chi connectivity index (χ2v) is 5.36. The van der Waals surface area contributed by atoms with Crippen molar-refractivity contribution in [2.75, 3.05) is 13.1 Å². The fourth-order valence-corrected chi connectivity index (χ4v) is 2.69. The number of pyridine rings is 1. The topological polar surface area (TPSA) is 70.5 Å². The molecule has 0 atom stereocenters. The Morgan fingerprint density at radius 2 is 2.10 bits per heavy atom. The molecule has 20 heavy (non-hydrogen) atoms. The number of nitrogens with zero attached hydrogens (tertiary/aromatic N) is 2. The van der Waals surface area contributed by atoms with E-state index < -0.39 is 11.4 Å². The summed E-state index contributed by atoms with van der Waals surface area (Å²) in [5.41, 5.74) is 0.244. The lowest BCUT2D eigenvalue weighted by atomic mass is 9.76. The molecule has 1 N–H and O–H groups in total. The van der Waals surface area contributed by atoms with Crippen LogP contribution in [0.2, 0.25) is 0 Å². The fraction of sp³-hybridized carbons (Fsp3) is 0.533. The van der Waals surface area contributed by atoms with Crippen molar-refractivity contribution in [2.24, 2.45) is 5.41 Å². The van der Waals surface area contributed by atoms with E-state index in [-0.39, 0.29) is 5.91 Å². The van der Waals surface area contributed by atoms with Crippen molar-refractivity contribution < 1.29 is 14.7 Å². The minimum Gasteiger partial charge on any atom is -0.481 e. The Labute approximate surface area is 118 Å². The Hall–Kier alpha value is -1.91. The molecule has 0 aromatic carbocycles. The normalized spacial score (nSPS) is 17.8. The average Bonchev–Trinajstić information content (AvgIpc) is 2.48. The summed E-state index contributed by atoms with van der Waals surface area (Å²) in [6.45, 7) is 2.96. The Morgan fingerprint density at radius 3 is 2.60 bits per heavy atom. The molecule has 0 bridgehead atoms. The molecule has 0 aliphatic carbocycles. The number of aromatic nitrogens is 1. The van der Waals surface area contributed by atoms with Crippen molar-refractivity contribution in [1.29, 1.82) is 0 Å². The highest BCUT2D eigenvalue weighted by atomic mass is 16.4. The van der Waals surface area contributed by atoms with E-state index in [1.807, 2.05) is 19.1 Å². The first-order valence-electron chi connectivity index (χ1n) is 6.97. The van der Waals surface area contributed by atoms with Crippen molar-refractivity contribution in [1.82, 2.24) is 9.88 Å². The molecule has 1 fully saturated rings. The van der Waals surface area contributed by atoms with Gasteiger partial charge in [-0.3, -0.25) is 14.6 Å². The third-order valence-corrected chi connectivity index (χ3v) is 4.28. The van der Waals surface area contributed by atoms with E-state index in [1.165, 1.54) is 0 Å². The zero-order valence-electron chi connectivity index (χ0n) is 11.7. The highest BCUT2D eigenvalue weighted by molar-refractivity contribution is 5.80. The molecule has 0 spiro atoms. The lowest BCUT2D eigenvalue weighted by Crippen LogP contribution is -2.46. The molecule has 1 saturated heterocycles. The number of carbonyl (C=O) groups is 2. The van der Waals surface area contributed by atoms with Crippen molar-refractivity contribution >= 4 is 11.9 Å². The highest BCUT2D eigenvalue weighted by Gasteiger charge is 2.40. The minimum absolute atomic E-state index is 0.0492. The number of hydrogen-bond acceptors (Lipinski definition) is 3. The van der Waals surface area contributed by atoms with E-state index in [2.05, 4.69) is 4.98 Å². The van der Waals surface area contributed by atoms with Crippen LogP contribution < -0.4 is 0 Å². The van der Waals surface area contributed by atoms with Crippen LogP contribution in [0.3, 0.4) is 0 Å². The Bertz CT molecular complexity index is 479. The molecule has 1 amide bonds. The number of hydrogen-bond donors (Lipinski definition) is 1. The van der Waals surface area contributed by atoms with Crippen LogP contribution in [0, 0.1) is 5.41 Å². The smallest absolute Gasteiger partial charge is 0.309 e. The molecular weight excluding hydrogens is 256 g/mol. The van der Waals surface area contributed by atoms with Crippen LogP contribution in [0.25, 0.3) is 0 Å². The van der Waals surface area contributed by atoms with Crippen LogP contribution in [0.4, 0.5) is 0 Å². The molecule has 108 valence electrons. The van der Waals surface area contributed by atoms with Gasteiger partial charge in [0.15, 0.2) is 0 Å². The van der Waals surface area contributed by atoms with Crippen LogP contribution in [-0.2, 0) is 16.0 Å². The summed E-state index contributed by atoms with van der Waals surface area (Å²) in [6, 6.07) is 3.69. The van der Waals surface area contributed by atoms with Crippen molar-refractivity contribution in [2.45, 2.75) is 32.6 Å². The number of carbonyl (C=O) groups excluding carboxylic acids is 1. The van der Waals surface area contributed by atoms with Crippen molar-refractivity contribution in [3.8, 4) is 0 Å². The lowest BCUT2D eigenvalue weighted by Gasteiger charge is -2.38. The van der Waals surface area contributed by atoms with Crippen LogP contribution in [0.5, 0.6) is 0 Å². The molecular formula is C15H20N2O3. The summed E-state index contributed by atoms with van der Waals surface area (Å²) in [5.74, 6) is -0.688. The first kappa shape index (κ1) is 14.5. The molecule has 0 unspecified atom stereocenters. The average molecular weight is 276 g/mol. The highest BCUT2D eigenvalue weighted by Crippen LogP contribution is 2.35. The van der Waals surface area contributed by atoms with E-state index in [9.17, 15) is 14.7 Å². The predicted octanol–water partition coefficient (Wildman–Crippen LogP) is 1.73. The van der Waals surface area contributed by atoms with Gasteiger partial charge in [-0.2, -0.15) is 0 Å². The number of likely N-dealkylation sites (tertiary alicyclic amines) is 1. The minimum atomic E-state index is -0.737. The summed E-state index contributed by atoms with van der Waals surface area (Å²) >= 11 is 0. The van der Waals surface area contributed by atoms with Gasteiger partial charge < -0.3 is 10.0 Å². The predicted molar refractivity (Wildman–Crippen MR) is 74.1 cm³/mol. The summed E-state index contributed by atoms with van der Waals surface area (Å²) in [7, 11) is 0. The zero-order chi connectivity index (χ0) is 14.6. The first-order valence-corrected chi connectivity index (χ1v) is 6.97. The molecule has 1 aliphatic heterocycles. The molecule has 0 radical (unpaired) electrons. The fourth-order valence-electron chi connectivity index (χ4n) is 2.69. The number of carboxylic acid groups (broad SMARTS) is 1.